The Bertz CT molecular complexity index is 923. The Hall–Kier alpha value is -2.95. The van der Waals surface area contributed by atoms with Crippen LogP contribution in [0, 0.1) is 12.7 Å². The molecule has 0 fully saturated rings. The molecule has 1 aromatic heterocycles. The van der Waals surface area contributed by atoms with Gasteiger partial charge in [-0.1, -0.05) is 36.4 Å². The number of benzene rings is 2. The molecule has 0 radical (unpaired) electrons. The summed E-state index contributed by atoms with van der Waals surface area (Å²) < 4.78 is 16.9. The second-order valence-corrected chi connectivity index (χ2v) is 5.19. The molecular weight excluding hydrogens is 293 g/mol. The Balaban J connectivity index is 2.09. The molecule has 0 aliphatic heterocycles. The zero-order valence-corrected chi connectivity index (χ0v) is 12.9. The lowest BCUT2D eigenvalue weighted by Crippen LogP contribution is -2.19. The highest BCUT2D eigenvalue weighted by molar-refractivity contribution is 5.82. The van der Waals surface area contributed by atoms with Gasteiger partial charge in [-0.25, -0.2) is 14.1 Å². The standard InChI is InChI=1S/C18H16FN3O/c1-13-17(20-12-14-8-6-7-11-16(14)19)18(23)22(21(13)2)15-9-4-3-5-10-15/h3-12H,1-2H3. The van der Waals surface area contributed by atoms with Crippen LogP contribution in [0.2, 0.25) is 0 Å². The molecule has 0 spiro atoms. The van der Waals surface area contributed by atoms with Crippen molar-refractivity contribution in [2.75, 3.05) is 0 Å². The van der Waals surface area contributed by atoms with Crippen LogP contribution < -0.4 is 5.56 Å². The van der Waals surface area contributed by atoms with Crippen molar-refractivity contribution in [3.8, 4) is 5.69 Å². The van der Waals surface area contributed by atoms with Gasteiger partial charge in [-0.05, 0) is 25.1 Å². The third-order valence-electron chi connectivity index (χ3n) is 3.76. The van der Waals surface area contributed by atoms with Gasteiger partial charge in [0, 0.05) is 18.8 Å². The zero-order valence-electron chi connectivity index (χ0n) is 12.9. The van der Waals surface area contributed by atoms with E-state index < -0.39 is 0 Å². The van der Waals surface area contributed by atoms with Crippen molar-refractivity contribution < 1.29 is 4.39 Å². The highest BCUT2D eigenvalue weighted by Crippen LogP contribution is 2.17. The minimum Gasteiger partial charge on any atom is -0.283 e. The first-order valence-corrected chi connectivity index (χ1v) is 7.22. The Morgan fingerprint density at radius 2 is 1.70 bits per heavy atom. The first-order chi connectivity index (χ1) is 11.1. The average molecular weight is 309 g/mol. The molecule has 0 aliphatic rings. The molecule has 0 unspecified atom stereocenters. The van der Waals surface area contributed by atoms with Crippen LogP contribution in [0.1, 0.15) is 11.3 Å². The fourth-order valence-electron chi connectivity index (χ4n) is 2.42. The molecule has 0 N–H and O–H groups in total. The molecule has 4 nitrogen and oxygen atoms in total. The summed E-state index contributed by atoms with van der Waals surface area (Å²) in [5.41, 5.74) is 1.90. The molecule has 1 heterocycles. The first-order valence-electron chi connectivity index (χ1n) is 7.22. The molecule has 2 aromatic carbocycles. The third-order valence-corrected chi connectivity index (χ3v) is 3.76. The van der Waals surface area contributed by atoms with Gasteiger partial charge in [0.2, 0.25) is 0 Å². The molecule has 0 aliphatic carbocycles. The van der Waals surface area contributed by atoms with Gasteiger partial charge in [0.05, 0.1) is 11.4 Å². The highest BCUT2D eigenvalue weighted by atomic mass is 19.1. The van der Waals surface area contributed by atoms with Gasteiger partial charge in [0.1, 0.15) is 5.82 Å². The van der Waals surface area contributed by atoms with Gasteiger partial charge in [-0.2, -0.15) is 0 Å². The molecular formula is C18H16FN3O. The van der Waals surface area contributed by atoms with Gasteiger partial charge in [0.25, 0.3) is 5.56 Å². The monoisotopic (exact) mass is 309 g/mol. The normalized spacial score (nSPS) is 11.3. The van der Waals surface area contributed by atoms with E-state index in [9.17, 15) is 9.18 Å². The average Bonchev–Trinajstić information content (AvgIpc) is 2.78. The number of para-hydroxylation sites is 1. The molecule has 0 atom stereocenters. The largest absolute Gasteiger partial charge is 0.297 e. The molecule has 116 valence electrons. The molecule has 0 bridgehead atoms. The van der Waals surface area contributed by atoms with Gasteiger partial charge in [0.15, 0.2) is 5.69 Å². The SMILES string of the molecule is Cc1c(N=Cc2ccccc2F)c(=O)n(-c2ccccc2)n1C. The molecule has 0 amide bonds. The van der Waals surface area contributed by atoms with E-state index in [2.05, 4.69) is 4.99 Å². The van der Waals surface area contributed by atoms with Crippen LogP contribution in [0.5, 0.6) is 0 Å². The number of aromatic nitrogens is 2. The van der Waals surface area contributed by atoms with Crippen LogP contribution in [-0.2, 0) is 7.05 Å². The molecule has 3 aromatic rings. The van der Waals surface area contributed by atoms with Crippen molar-refractivity contribution in [3.05, 3.63) is 82.0 Å². The summed E-state index contributed by atoms with van der Waals surface area (Å²) in [7, 11) is 1.80. The fraction of sp³-hybridized carbons (Fsp3) is 0.111. The van der Waals surface area contributed by atoms with Crippen LogP contribution in [0.15, 0.2) is 64.4 Å². The Morgan fingerprint density at radius 1 is 1.04 bits per heavy atom. The Labute approximate surface area is 133 Å². The van der Waals surface area contributed by atoms with E-state index in [1.165, 1.54) is 12.3 Å². The van der Waals surface area contributed by atoms with Crippen molar-refractivity contribution in [1.82, 2.24) is 9.36 Å². The van der Waals surface area contributed by atoms with Gasteiger partial charge in [-0.3, -0.25) is 9.48 Å². The topological polar surface area (TPSA) is 39.3 Å². The van der Waals surface area contributed by atoms with Crippen molar-refractivity contribution in [2.24, 2.45) is 12.0 Å². The van der Waals surface area contributed by atoms with Crippen molar-refractivity contribution in [2.45, 2.75) is 6.92 Å². The number of nitrogens with zero attached hydrogens (tertiary/aromatic N) is 3. The van der Waals surface area contributed by atoms with Crippen molar-refractivity contribution in [1.29, 1.82) is 0 Å². The van der Waals surface area contributed by atoms with E-state index in [0.29, 0.717) is 16.9 Å². The fourth-order valence-corrected chi connectivity index (χ4v) is 2.42. The summed E-state index contributed by atoms with van der Waals surface area (Å²) in [5, 5.41) is 0. The smallest absolute Gasteiger partial charge is 0.283 e. The molecule has 23 heavy (non-hydrogen) atoms. The maximum absolute atomic E-state index is 13.7. The maximum Gasteiger partial charge on any atom is 0.297 e. The summed E-state index contributed by atoms with van der Waals surface area (Å²) in [6, 6.07) is 15.7. The summed E-state index contributed by atoms with van der Waals surface area (Å²) >= 11 is 0. The summed E-state index contributed by atoms with van der Waals surface area (Å²) in [6.07, 6.45) is 1.38. The second-order valence-electron chi connectivity index (χ2n) is 5.19. The van der Waals surface area contributed by atoms with E-state index in [0.717, 1.165) is 5.69 Å². The predicted octanol–water partition coefficient (Wildman–Crippen LogP) is 3.37. The van der Waals surface area contributed by atoms with Crippen LogP contribution in [0.3, 0.4) is 0 Å². The van der Waals surface area contributed by atoms with Crippen LogP contribution in [-0.4, -0.2) is 15.6 Å². The van der Waals surface area contributed by atoms with Crippen molar-refractivity contribution >= 4 is 11.9 Å². The number of rotatable bonds is 3. The number of hydrogen-bond donors (Lipinski definition) is 0. The Morgan fingerprint density at radius 3 is 2.39 bits per heavy atom. The summed E-state index contributed by atoms with van der Waals surface area (Å²) in [5.74, 6) is -0.367. The second kappa shape index (κ2) is 6.04. The molecule has 0 saturated carbocycles. The van der Waals surface area contributed by atoms with E-state index in [4.69, 9.17) is 0 Å². The number of aliphatic imine (C=N–C) groups is 1. The number of halogens is 1. The van der Waals surface area contributed by atoms with Gasteiger partial charge in [-0.15, -0.1) is 0 Å². The highest BCUT2D eigenvalue weighted by Gasteiger charge is 2.15. The van der Waals surface area contributed by atoms with E-state index in [-0.39, 0.29) is 11.4 Å². The third kappa shape index (κ3) is 2.73. The predicted molar refractivity (Wildman–Crippen MR) is 89.4 cm³/mol. The van der Waals surface area contributed by atoms with Gasteiger partial charge < -0.3 is 0 Å². The lowest BCUT2D eigenvalue weighted by molar-refractivity contribution is 0.626. The van der Waals surface area contributed by atoms with Crippen LogP contribution in [0.25, 0.3) is 5.69 Å². The summed E-state index contributed by atoms with van der Waals surface area (Å²) in [4.78, 5) is 16.9. The molecule has 0 saturated heterocycles. The lowest BCUT2D eigenvalue weighted by Gasteiger charge is -2.07. The van der Waals surface area contributed by atoms with E-state index in [1.54, 1.807) is 34.6 Å². The lowest BCUT2D eigenvalue weighted by atomic mass is 10.2. The van der Waals surface area contributed by atoms with E-state index in [1.807, 2.05) is 37.3 Å². The van der Waals surface area contributed by atoms with Crippen molar-refractivity contribution in [3.63, 3.8) is 0 Å². The van der Waals surface area contributed by atoms with Gasteiger partial charge >= 0.3 is 0 Å². The van der Waals surface area contributed by atoms with Crippen LogP contribution >= 0.6 is 0 Å². The number of hydrogen-bond acceptors (Lipinski definition) is 2. The molecule has 5 heteroatoms. The minimum absolute atomic E-state index is 0.233. The zero-order chi connectivity index (χ0) is 16.4. The summed E-state index contributed by atoms with van der Waals surface area (Å²) in [6.45, 7) is 1.81. The first kappa shape index (κ1) is 15.0. The van der Waals surface area contributed by atoms with E-state index >= 15 is 0 Å². The van der Waals surface area contributed by atoms with Crippen LogP contribution in [0.4, 0.5) is 10.1 Å². The minimum atomic E-state index is -0.367. The quantitative estimate of drug-likeness (QED) is 0.684. The molecule has 3 rings (SSSR count). The Kier molecular flexibility index (Phi) is 3.93. The maximum atomic E-state index is 13.7.